The molecule has 38 heavy (non-hydrogen) atoms. The molecule has 0 saturated carbocycles. The summed E-state index contributed by atoms with van der Waals surface area (Å²) in [4.78, 5) is 30.7. The Kier molecular flexibility index (Phi) is 9.36. The van der Waals surface area contributed by atoms with E-state index in [-0.39, 0.29) is 30.6 Å². The van der Waals surface area contributed by atoms with Crippen LogP contribution in [-0.2, 0) is 9.53 Å². The smallest absolute Gasteiger partial charge is 0.318 e. The van der Waals surface area contributed by atoms with Gasteiger partial charge in [-0.25, -0.2) is 9.80 Å². The van der Waals surface area contributed by atoms with Crippen LogP contribution in [0, 0.1) is 6.92 Å². The summed E-state index contributed by atoms with van der Waals surface area (Å²) in [5.41, 5.74) is 3.95. The highest BCUT2D eigenvalue weighted by Crippen LogP contribution is 2.33. The Bertz CT molecular complexity index is 1110. The van der Waals surface area contributed by atoms with Gasteiger partial charge in [-0.2, -0.15) is 5.10 Å². The Labute approximate surface area is 225 Å². The number of nitrogens with one attached hydrogen (secondary N) is 1. The molecule has 0 bridgehead atoms. The van der Waals surface area contributed by atoms with Crippen molar-refractivity contribution >= 4 is 17.6 Å². The number of carbonyl (C=O) groups excluding carboxylic acids is 2. The number of amides is 3. The molecular formula is C29H39N5O4. The van der Waals surface area contributed by atoms with Crippen molar-refractivity contribution in [1.82, 2.24) is 20.1 Å². The number of urea groups is 1. The average Bonchev–Trinajstić information content (AvgIpc) is 3.37. The number of morpholine rings is 1. The average molecular weight is 522 g/mol. The van der Waals surface area contributed by atoms with Crippen molar-refractivity contribution in [2.24, 2.45) is 5.10 Å². The number of rotatable bonds is 9. The zero-order valence-electron chi connectivity index (χ0n) is 22.9. The molecule has 1 N–H and O–H groups in total. The largest absolute Gasteiger partial charge is 0.497 e. The summed E-state index contributed by atoms with van der Waals surface area (Å²) < 4.78 is 10.7. The fourth-order valence-corrected chi connectivity index (χ4v) is 4.66. The third kappa shape index (κ3) is 7.11. The summed E-state index contributed by atoms with van der Waals surface area (Å²) in [7, 11) is 1.64. The lowest BCUT2D eigenvalue weighted by Crippen LogP contribution is -2.50. The van der Waals surface area contributed by atoms with Gasteiger partial charge in [0.25, 0.3) is 5.91 Å². The van der Waals surface area contributed by atoms with E-state index in [9.17, 15) is 9.59 Å². The van der Waals surface area contributed by atoms with Crippen LogP contribution in [0.15, 0.2) is 53.6 Å². The van der Waals surface area contributed by atoms with Crippen LogP contribution in [0.2, 0.25) is 0 Å². The first-order valence-electron chi connectivity index (χ1n) is 13.3. The van der Waals surface area contributed by atoms with Crippen LogP contribution in [0.3, 0.4) is 0 Å². The minimum atomic E-state index is -0.243. The van der Waals surface area contributed by atoms with Crippen molar-refractivity contribution in [3.8, 4) is 5.75 Å². The number of hydrogen-bond acceptors (Lipinski definition) is 6. The summed E-state index contributed by atoms with van der Waals surface area (Å²) >= 11 is 0. The van der Waals surface area contributed by atoms with Crippen LogP contribution in [-0.4, -0.2) is 91.5 Å². The Morgan fingerprint density at radius 1 is 1.11 bits per heavy atom. The van der Waals surface area contributed by atoms with Gasteiger partial charge in [-0.15, -0.1) is 0 Å². The second-order valence-corrected chi connectivity index (χ2v) is 10.1. The molecule has 1 fully saturated rings. The number of hydrogen-bond donors (Lipinski definition) is 1. The third-order valence-electron chi connectivity index (χ3n) is 6.87. The second-order valence-electron chi connectivity index (χ2n) is 10.1. The normalized spacial score (nSPS) is 17.9. The van der Waals surface area contributed by atoms with E-state index in [1.54, 1.807) is 17.0 Å². The van der Waals surface area contributed by atoms with Gasteiger partial charge in [-0.05, 0) is 56.2 Å². The maximum Gasteiger partial charge on any atom is 0.318 e. The predicted molar refractivity (Wildman–Crippen MR) is 147 cm³/mol. The molecule has 2 heterocycles. The van der Waals surface area contributed by atoms with Crippen molar-refractivity contribution in [2.45, 2.75) is 39.3 Å². The molecule has 4 rings (SSSR count). The molecule has 204 valence electrons. The van der Waals surface area contributed by atoms with E-state index in [4.69, 9.17) is 14.6 Å². The molecule has 9 nitrogen and oxygen atoms in total. The quantitative estimate of drug-likeness (QED) is 0.546. The Balaban J connectivity index is 1.55. The van der Waals surface area contributed by atoms with Gasteiger partial charge in [0.15, 0.2) is 0 Å². The topological polar surface area (TPSA) is 86.7 Å². The number of carbonyl (C=O) groups is 2. The summed E-state index contributed by atoms with van der Waals surface area (Å²) in [6.45, 7) is 9.98. The van der Waals surface area contributed by atoms with Gasteiger partial charge in [-0.3, -0.25) is 9.69 Å². The van der Waals surface area contributed by atoms with Crippen LogP contribution in [0.5, 0.6) is 5.75 Å². The highest BCUT2D eigenvalue weighted by atomic mass is 16.5. The molecule has 1 saturated heterocycles. The maximum atomic E-state index is 13.8. The summed E-state index contributed by atoms with van der Waals surface area (Å²) in [6.07, 6.45) is 0.590. The number of benzene rings is 2. The summed E-state index contributed by atoms with van der Waals surface area (Å²) in [5, 5.41) is 9.30. The highest BCUT2D eigenvalue weighted by Gasteiger charge is 2.34. The number of ether oxygens (including phenoxy) is 2. The van der Waals surface area contributed by atoms with Crippen molar-refractivity contribution < 1.29 is 19.1 Å². The van der Waals surface area contributed by atoms with Crippen LogP contribution in [0.25, 0.3) is 0 Å². The molecule has 0 aliphatic carbocycles. The lowest BCUT2D eigenvalue weighted by molar-refractivity contribution is -0.133. The monoisotopic (exact) mass is 521 g/mol. The summed E-state index contributed by atoms with van der Waals surface area (Å²) in [5.74, 6) is 0.558. The lowest BCUT2D eigenvalue weighted by Gasteiger charge is -2.31. The Morgan fingerprint density at radius 2 is 1.79 bits per heavy atom. The first-order chi connectivity index (χ1) is 18.3. The molecule has 1 unspecified atom stereocenters. The van der Waals surface area contributed by atoms with Crippen molar-refractivity contribution in [1.29, 1.82) is 0 Å². The summed E-state index contributed by atoms with van der Waals surface area (Å²) in [6, 6.07) is 15.4. The number of hydrazone groups is 1. The fourth-order valence-electron chi connectivity index (χ4n) is 4.66. The van der Waals surface area contributed by atoms with E-state index in [1.165, 1.54) is 0 Å². The van der Waals surface area contributed by atoms with Crippen LogP contribution < -0.4 is 10.1 Å². The van der Waals surface area contributed by atoms with E-state index in [1.807, 2.05) is 57.2 Å². The van der Waals surface area contributed by atoms with Crippen LogP contribution >= 0.6 is 0 Å². The van der Waals surface area contributed by atoms with Crippen LogP contribution in [0.1, 0.15) is 43.0 Å². The number of aryl methyl sites for hydroxylation is 1. The first kappa shape index (κ1) is 27.6. The molecule has 0 aromatic heterocycles. The molecule has 0 radical (unpaired) electrons. The van der Waals surface area contributed by atoms with Gasteiger partial charge in [0.05, 0.1) is 32.1 Å². The van der Waals surface area contributed by atoms with Gasteiger partial charge in [-0.1, -0.05) is 29.8 Å². The van der Waals surface area contributed by atoms with Gasteiger partial charge >= 0.3 is 6.03 Å². The lowest BCUT2D eigenvalue weighted by atomic mass is 9.97. The van der Waals surface area contributed by atoms with Crippen LogP contribution in [0.4, 0.5) is 4.79 Å². The molecular weight excluding hydrogens is 482 g/mol. The van der Waals surface area contributed by atoms with Gasteiger partial charge in [0.2, 0.25) is 0 Å². The second kappa shape index (κ2) is 12.9. The van der Waals surface area contributed by atoms with Gasteiger partial charge < -0.3 is 19.7 Å². The fraction of sp³-hybridized carbons (Fsp3) is 0.483. The molecule has 1 atom stereocenters. The molecule has 0 spiro atoms. The van der Waals surface area contributed by atoms with Gasteiger partial charge in [0, 0.05) is 38.6 Å². The number of nitrogens with zero attached hydrogens (tertiary/aromatic N) is 4. The third-order valence-corrected chi connectivity index (χ3v) is 6.87. The van der Waals surface area contributed by atoms with Crippen molar-refractivity contribution in [3.05, 3.63) is 65.2 Å². The molecule has 2 aliphatic rings. The molecule has 9 heteroatoms. The van der Waals surface area contributed by atoms with Gasteiger partial charge in [0.1, 0.15) is 12.3 Å². The Morgan fingerprint density at radius 3 is 2.42 bits per heavy atom. The minimum absolute atomic E-state index is 0.0322. The SMILES string of the molecule is COc1ccc(C2=NN(C(=O)CN(CCN3CCOCC3)C(=O)NC(C)C)C(c3ccc(C)cc3)C2)cc1. The van der Waals surface area contributed by atoms with E-state index < -0.39 is 0 Å². The van der Waals surface area contributed by atoms with E-state index in [2.05, 4.69) is 22.3 Å². The van der Waals surface area contributed by atoms with E-state index in [0.717, 1.165) is 41.2 Å². The Hall–Kier alpha value is -3.43. The standard InChI is InChI=1S/C29H39N5O4/c1-21(2)30-29(36)33(14-13-32-15-17-38-18-16-32)20-28(35)34-27(24-7-5-22(3)6-8-24)19-26(31-34)23-9-11-25(37-4)12-10-23/h5-12,21,27H,13-20H2,1-4H3,(H,30,36). The molecule has 2 aromatic carbocycles. The molecule has 2 aliphatic heterocycles. The van der Waals surface area contributed by atoms with Crippen molar-refractivity contribution in [2.75, 3.05) is 53.0 Å². The van der Waals surface area contributed by atoms with E-state index in [0.29, 0.717) is 32.7 Å². The maximum absolute atomic E-state index is 13.8. The molecule has 3 amide bonds. The minimum Gasteiger partial charge on any atom is -0.497 e. The number of methoxy groups -OCH3 is 1. The van der Waals surface area contributed by atoms with E-state index >= 15 is 0 Å². The highest BCUT2D eigenvalue weighted by molar-refractivity contribution is 6.03. The predicted octanol–water partition coefficient (Wildman–Crippen LogP) is 3.43. The molecule has 2 aromatic rings. The zero-order valence-corrected chi connectivity index (χ0v) is 22.9. The zero-order chi connectivity index (χ0) is 27.1. The first-order valence-corrected chi connectivity index (χ1v) is 13.3. The van der Waals surface area contributed by atoms with Crippen molar-refractivity contribution in [3.63, 3.8) is 0 Å².